The van der Waals surface area contributed by atoms with Gasteiger partial charge in [0.25, 0.3) is 0 Å². The molecule has 3 N–H and O–H groups in total. The first kappa shape index (κ1) is 15.4. The second kappa shape index (κ2) is 6.52. The molecule has 0 saturated carbocycles. The molecule has 0 aliphatic rings. The van der Waals surface area contributed by atoms with Crippen molar-refractivity contribution in [2.75, 3.05) is 30.9 Å². The van der Waals surface area contributed by atoms with Gasteiger partial charge in [-0.2, -0.15) is 0 Å². The van der Waals surface area contributed by atoms with Crippen LogP contribution in [0.5, 0.6) is 0 Å². The van der Waals surface area contributed by atoms with Crippen LogP contribution < -0.4 is 16.0 Å². The Morgan fingerprint density at radius 1 is 1.37 bits per heavy atom. The number of hydrogen-bond donors (Lipinski definition) is 2. The van der Waals surface area contributed by atoms with Gasteiger partial charge in [0, 0.05) is 20.6 Å². The second-order valence-corrected chi connectivity index (χ2v) is 4.95. The molecule has 0 fully saturated rings. The maximum absolute atomic E-state index is 12.3. The van der Waals surface area contributed by atoms with Crippen molar-refractivity contribution in [3.8, 4) is 0 Å². The molecule has 5 heteroatoms. The molecule has 0 atom stereocenters. The van der Waals surface area contributed by atoms with E-state index in [1.54, 1.807) is 6.20 Å². The molecule has 0 radical (unpaired) electrons. The van der Waals surface area contributed by atoms with E-state index < -0.39 is 5.41 Å². The van der Waals surface area contributed by atoms with Crippen molar-refractivity contribution in [3.63, 3.8) is 0 Å². The summed E-state index contributed by atoms with van der Waals surface area (Å²) in [7, 11) is 3.85. The van der Waals surface area contributed by atoms with Crippen LogP contribution in [-0.4, -0.2) is 31.5 Å². The van der Waals surface area contributed by atoms with Gasteiger partial charge in [0.05, 0.1) is 17.3 Å². The molecule has 1 rings (SSSR count). The van der Waals surface area contributed by atoms with Crippen molar-refractivity contribution in [2.24, 2.45) is 11.1 Å². The Labute approximate surface area is 115 Å². The fraction of sp³-hybridized carbons (Fsp3) is 0.571. The topological polar surface area (TPSA) is 71.2 Å². The monoisotopic (exact) mass is 264 g/mol. The van der Waals surface area contributed by atoms with E-state index in [4.69, 9.17) is 5.73 Å². The molecule has 0 saturated heterocycles. The standard InChI is InChI=1S/C14H24N4O/c1-5-14(6-2,10-15)13(19)17-11-7-8-12(16-9-11)18(3)4/h7-9H,5-6,10,15H2,1-4H3,(H,17,19). The first-order chi connectivity index (χ1) is 8.99. The average Bonchev–Trinajstić information content (AvgIpc) is 2.42. The molecule has 0 aromatic carbocycles. The summed E-state index contributed by atoms with van der Waals surface area (Å²) in [4.78, 5) is 18.5. The normalized spacial score (nSPS) is 11.2. The molecule has 0 bridgehead atoms. The SMILES string of the molecule is CCC(CC)(CN)C(=O)Nc1ccc(N(C)C)nc1. The summed E-state index contributed by atoms with van der Waals surface area (Å²) in [5.74, 6) is 0.827. The molecular formula is C14H24N4O. The molecule has 1 aromatic heterocycles. The number of nitrogens with one attached hydrogen (secondary N) is 1. The van der Waals surface area contributed by atoms with E-state index in [2.05, 4.69) is 10.3 Å². The number of pyridine rings is 1. The number of hydrogen-bond acceptors (Lipinski definition) is 4. The van der Waals surface area contributed by atoms with Gasteiger partial charge < -0.3 is 16.0 Å². The Bertz CT molecular complexity index is 402. The van der Waals surface area contributed by atoms with Gasteiger partial charge in [0.1, 0.15) is 5.82 Å². The van der Waals surface area contributed by atoms with Crippen LogP contribution in [0.15, 0.2) is 18.3 Å². The van der Waals surface area contributed by atoms with E-state index in [1.165, 1.54) is 0 Å². The predicted molar refractivity (Wildman–Crippen MR) is 79.3 cm³/mol. The largest absolute Gasteiger partial charge is 0.363 e. The molecule has 0 unspecified atom stereocenters. The summed E-state index contributed by atoms with van der Waals surface area (Å²) in [6.45, 7) is 4.34. The number of nitrogens with two attached hydrogens (primary N) is 1. The van der Waals surface area contributed by atoms with Crippen molar-refractivity contribution in [1.29, 1.82) is 0 Å². The Balaban J connectivity index is 2.81. The average molecular weight is 264 g/mol. The molecular weight excluding hydrogens is 240 g/mol. The molecule has 5 nitrogen and oxygen atoms in total. The van der Waals surface area contributed by atoms with Crippen LogP contribution in [0.4, 0.5) is 11.5 Å². The Morgan fingerprint density at radius 2 is 2.00 bits per heavy atom. The highest BCUT2D eigenvalue weighted by atomic mass is 16.2. The van der Waals surface area contributed by atoms with E-state index in [0.29, 0.717) is 12.2 Å². The summed E-state index contributed by atoms with van der Waals surface area (Å²) in [5.41, 5.74) is 5.98. The first-order valence-electron chi connectivity index (χ1n) is 6.64. The third kappa shape index (κ3) is 3.44. The Kier molecular flexibility index (Phi) is 5.30. The third-order valence-corrected chi connectivity index (χ3v) is 3.69. The summed E-state index contributed by atoms with van der Waals surface area (Å²) in [6.07, 6.45) is 3.13. The van der Waals surface area contributed by atoms with Gasteiger partial charge in [-0.3, -0.25) is 4.79 Å². The molecule has 0 aliphatic carbocycles. The van der Waals surface area contributed by atoms with Gasteiger partial charge in [-0.15, -0.1) is 0 Å². The summed E-state index contributed by atoms with van der Waals surface area (Å²) < 4.78 is 0. The lowest BCUT2D eigenvalue weighted by molar-refractivity contribution is -0.125. The highest BCUT2D eigenvalue weighted by Gasteiger charge is 2.33. The number of anilines is 2. The van der Waals surface area contributed by atoms with E-state index in [9.17, 15) is 4.79 Å². The summed E-state index contributed by atoms with van der Waals surface area (Å²) in [5, 5.41) is 2.90. The van der Waals surface area contributed by atoms with Crippen LogP contribution >= 0.6 is 0 Å². The van der Waals surface area contributed by atoms with Gasteiger partial charge in [-0.1, -0.05) is 13.8 Å². The van der Waals surface area contributed by atoms with Crippen molar-refractivity contribution >= 4 is 17.4 Å². The highest BCUT2D eigenvalue weighted by molar-refractivity contribution is 5.95. The number of aromatic nitrogens is 1. The fourth-order valence-electron chi connectivity index (χ4n) is 1.94. The second-order valence-electron chi connectivity index (χ2n) is 4.95. The number of carbonyl (C=O) groups is 1. The van der Waals surface area contributed by atoms with E-state index in [-0.39, 0.29) is 5.91 Å². The van der Waals surface area contributed by atoms with Gasteiger partial charge in [-0.25, -0.2) is 4.98 Å². The van der Waals surface area contributed by atoms with Crippen LogP contribution in [0.1, 0.15) is 26.7 Å². The van der Waals surface area contributed by atoms with Gasteiger partial charge in [-0.05, 0) is 25.0 Å². The zero-order valence-corrected chi connectivity index (χ0v) is 12.2. The number of nitrogens with zero attached hydrogens (tertiary/aromatic N) is 2. The van der Waals surface area contributed by atoms with Gasteiger partial charge in [0.2, 0.25) is 5.91 Å². The van der Waals surface area contributed by atoms with Crippen molar-refractivity contribution in [3.05, 3.63) is 18.3 Å². The Morgan fingerprint density at radius 3 is 2.37 bits per heavy atom. The summed E-state index contributed by atoms with van der Waals surface area (Å²) in [6, 6.07) is 3.73. The lowest BCUT2D eigenvalue weighted by atomic mass is 9.81. The lowest BCUT2D eigenvalue weighted by Crippen LogP contribution is -2.41. The zero-order valence-electron chi connectivity index (χ0n) is 12.2. The predicted octanol–water partition coefficient (Wildman–Crippen LogP) is 1.85. The minimum atomic E-state index is -0.486. The summed E-state index contributed by atoms with van der Waals surface area (Å²) >= 11 is 0. The molecule has 106 valence electrons. The Hall–Kier alpha value is -1.62. The van der Waals surface area contributed by atoms with Crippen LogP contribution in [0.25, 0.3) is 0 Å². The van der Waals surface area contributed by atoms with Crippen LogP contribution in [0.2, 0.25) is 0 Å². The zero-order chi connectivity index (χ0) is 14.5. The third-order valence-electron chi connectivity index (χ3n) is 3.69. The van der Waals surface area contributed by atoms with Crippen molar-refractivity contribution in [1.82, 2.24) is 4.98 Å². The van der Waals surface area contributed by atoms with Crippen LogP contribution in [0, 0.1) is 5.41 Å². The van der Waals surface area contributed by atoms with Gasteiger partial charge in [0.15, 0.2) is 0 Å². The minimum absolute atomic E-state index is 0.0283. The van der Waals surface area contributed by atoms with E-state index >= 15 is 0 Å². The molecule has 1 aromatic rings. The number of carbonyl (C=O) groups excluding carboxylic acids is 1. The maximum atomic E-state index is 12.3. The number of amides is 1. The minimum Gasteiger partial charge on any atom is -0.363 e. The molecule has 0 spiro atoms. The van der Waals surface area contributed by atoms with E-state index in [1.807, 2.05) is 45.0 Å². The van der Waals surface area contributed by atoms with Crippen molar-refractivity contribution < 1.29 is 4.79 Å². The maximum Gasteiger partial charge on any atom is 0.231 e. The first-order valence-corrected chi connectivity index (χ1v) is 6.64. The molecule has 0 aliphatic heterocycles. The molecule has 1 amide bonds. The van der Waals surface area contributed by atoms with E-state index in [0.717, 1.165) is 18.7 Å². The fourth-order valence-corrected chi connectivity index (χ4v) is 1.94. The quantitative estimate of drug-likeness (QED) is 0.822. The molecule has 19 heavy (non-hydrogen) atoms. The van der Waals surface area contributed by atoms with Crippen molar-refractivity contribution in [2.45, 2.75) is 26.7 Å². The number of rotatable bonds is 6. The smallest absolute Gasteiger partial charge is 0.231 e. The van der Waals surface area contributed by atoms with Crippen LogP contribution in [0.3, 0.4) is 0 Å². The highest BCUT2D eigenvalue weighted by Crippen LogP contribution is 2.27. The lowest BCUT2D eigenvalue weighted by Gasteiger charge is -2.28. The molecule has 1 heterocycles. The van der Waals surface area contributed by atoms with Crippen LogP contribution in [-0.2, 0) is 4.79 Å². The van der Waals surface area contributed by atoms with Gasteiger partial charge >= 0.3 is 0 Å².